The third kappa shape index (κ3) is 4.24. The Labute approximate surface area is 121 Å². The summed E-state index contributed by atoms with van der Waals surface area (Å²) in [5.41, 5.74) is 0.629. The highest BCUT2D eigenvalue weighted by molar-refractivity contribution is 6.30. The lowest BCUT2D eigenvalue weighted by atomic mass is 10.3. The van der Waals surface area contributed by atoms with Crippen LogP contribution < -0.4 is 4.74 Å². The first-order chi connectivity index (χ1) is 9.67. The second-order valence-electron chi connectivity index (χ2n) is 3.96. The summed E-state index contributed by atoms with van der Waals surface area (Å²) in [6.45, 7) is 2.41. The van der Waals surface area contributed by atoms with Gasteiger partial charge in [0.2, 0.25) is 0 Å². The van der Waals surface area contributed by atoms with Crippen LogP contribution >= 0.6 is 11.6 Å². The number of ether oxygens (including phenoxy) is 2. The van der Waals surface area contributed by atoms with Crippen molar-refractivity contribution in [1.29, 1.82) is 0 Å². The van der Waals surface area contributed by atoms with Crippen molar-refractivity contribution >= 4 is 17.6 Å². The minimum atomic E-state index is -0.345. The van der Waals surface area contributed by atoms with Crippen molar-refractivity contribution in [3.05, 3.63) is 41.2 Å². The number of halogens is 1. The first kappa shape index (κ1) is 14.3. The number of benzene rings is 1. The van der Waals surface area contributed by atoms with E-state index in [1.165, 1.54) is 4.68 Å². The van der Waals surface area contributed by atoms with Gasteiger partial charge >= 0.3 is 5.97 Å². The molecule has 0 aliphatic carbocycles. The molecule has 0 spiro atoms. The lowest BCUT2D eigenvalue weighted by molar-refractivity contribution is -0.144. The number of rotatable bonds is 6. The molecule has 0 unspecified atom stereocenters. The summed E-state index contributed by atoms with van der Waals surface area (Å²) in [6.07, 6.45) is 1.65. The Morgan fingerprint density at radius 3 is 2.80 bits per heavy atom. The van der Waals surface area contributed by atoms with Crippen LogP contribution in [0.25, 0.3) is 0 Å². The molecule has 20 heavy (non-hydrogen) atoms. The summed E-state index contributed by atoms with van der Waals surface area (Å²) in [5.74, 6) is 0.344. The first-order valence-electron chi connectivity index (χ1n) is 6.10. The zero-order chi connectivity index (χ0) is 14.4. The summed E-state index contributed by atoms with van der Waals surface area (Å²) >= 11 is 5.78. The molecular formula is C13H14ClN3O3. The first-order valence-corrected chi connectivity index (χ1v) is 6.48. The van der Waals surface area contributed by atoms with Gasteiger partial charge in [-0.15, -0.1) is 5.10 Å². The summed E-state index contributed by atoms with van der Waals surface area (Å²) in [4.78, 5) is 11.3. The largest absolute Gasteiger partial charge is 0.487 e. The van der Waals surface area contributed by atoms with Crippen LogP contribution in [-0.4, -0.2) is 27.6 Å². The van der Waals surface area contributed by atoms with Crippen LogP contribution in [0, 0.1) is 0 Å². The minimum Gasteiger partial charge on any atom is -0.487 e. The van der Waals surface area contributed by atoms with E-state index in [9.17, 15) is 4.79 Å². The summed E-state index contributed by atoms with van der Waals surface area (Å²) < 4.78 is 11.8. The minimum absolute atomic E-state index is 0.0434. The van der Waals surface area contributed by atoms with Crippen LogP contribution in [0.2, 0.25) is 5.02 Å². The van der Waals surface area contributed by atoms with Crippen molar-refractivity contribution in [2.75, 3.05) is 6.61 Å². The summed E-state index contributed by atoms with van der Waals surface area (Å²) in [6, 6.07) is 7.03. The van der Waals surface area contributed by atoms with Gasteiger partial charge in [0, 0.05) is 5.02 Å². The van der Waals surface area contributed by atoms with Gasteiger partial charge in [-0.25, -0.2) is 4.68 Å². The molecule has 1 aromatic heterocycles. The Morgan fingerprint density at radius 1 is 1.35 bits per heavy atom. The molecule has 6 nitrogen and oxygen atoms in total. The standard InChI is InChI=1S/C13H14ClN3O3/c1-2-19-13(18)8-17-7-11(15-16-17)9-20-12-5-3-10(14)4-6-12/h3-7H,2,8-9H2,1H3. The van der Waals surface area contributed by atoms with E-state index >= 15 is 0 Å². The maximum absolute atomic E-state index is 11.3. The number of aromatic nitrogens is 3. The molecule has 0 saturated carbocycles. The van der Waals surface area contributed by atoms with Crippen molar-refractivity contribution in [1.82, 2.24) is 15.0 Å². The number of carbonyl (C=O) groups excluding carboxylic acids is 1. The fraction of sp³-hybridized carbons (Fsp3) is 0.308. The molecule has 0 saturated heterocycles. The van der Waals surface area contributed by atoms with Gasteiger partial charge in [0.1, 0.15) is 24.6 Å². The molecule has 0 aliphatic heterocycles. The van der Waals surface area contributed by atoms with Crippen LogP contribution in [0.4, 0.5) is 0 Å². The van der Waals surface area contributed by atoms with Gasteiger partial charge in [0.25, 0.3) is 0 Å². The van der Waals surface area contributed by atoms with Crippen molar-refractivity contribution < 1.29 is 14.3 Å². The van der Waals surface area contributed by atoms with Crippen LogP contribution in [0.15, 0.2) is 30.5 Å². The van der Waals surface area contributed by atoms with Crippen LogP contribution in [-0.2, 0) is 22.7 Å². The monoisotopic (exact) mass is 295 g/mol. The Bertz CT molecular complexity index is 568. The summed E-state index contributed by atoms with van der Waals surface area (Å²) in [7, 11) is 0. The third-order valence-electron chi connectivity index (χ3n) is 2.38. The third-order valence-corrected chi connectivity index (χ3v) is 2.63. The lowest BCUT2D eigenvalue weighted by Crippen LogP contribution is -2.13. The van der Waals surface area contributed by atoms with Gasteiger partial charge in [-0.3, -0.25) is 4.79 Å². The SMILES string of the molecule is CCOC(=O)Cn1cc(COc2ccc(Cl)cc2)nn1. The molecule has 106 valence electrons. The zero-order valence-electron chi connectivity index (χ0n) is 11.0. The van der Waals surface area contributed by atoms with Gasteiger partial charge < -0.3 is 9.47 Å². The average Bonchev–Trinajstić information content (AvgIpc) is 2.86. The normalized spacial score (nSPS) is 10.3. The molecule has 1 heterocycles. The number of hydrogen-bond donors (Lipinski definition) is 0. The van der Waals surface area contributed by atoms with Crippen LogP contribution in [0.1, 0.15) is 12.6 Å². The molecule has 2 rings (SSSR count). The van der Waals surface area contributed by atoms with Crippen molar-refractivity contribution in [2.45, 2.75) is 20.1 Å². The number of nitrogens with zero attached hydrogens (tertiary/aromatic N) is 3. The smallest absolute Gasteiger partial charge is 0.327 e. The van der Waals surface area contributed by atoms with Gasteiger partial charge in [-0.2, -0.15) is 0 Å². The van der Waals surface area contributed by atoms with E-state index in [0.29, 0.717) is 23.1 Å². The molecule has 0 aliphatic rings. The van der Waals surface area contributed by atoms with E-state index in [1.54, 1.807) is 37.4 Å². The second-order valence-corrected chi connectivity index (χ2v) is 4.39. The van der Waals surface area contributed by atoms with Gasteiger partial charge in [0.05, 0.1) is 12.8 Å². The van der Waals surface area contributed by atoms with Gasteiger partial charge in [0.15, 0.2) is 0 Å². The molecule has 0 bridgehead atoms. The predicted octanol–water partition coefficient (Wildman–Crippen LogP) is 2.07. The van der Waals surface area contributed by atoms with E-state index in [0.717, 1.165) is 0 Å². The maximum atomic E-state index is 11.3. The fourth-order valence-corrected chi connectivity index (χ4v) is 1.63. The van der Waals surface area contributed by atoms with E-state index in [4.69, 9.17) is 21.1 Å². The maximum Gasteiger partial charge on any atom is 0.327 e. The Kier molecular flexibility index (Phi) is 4.95. The molecule has 0 radical (unpaired) electrons. The van der Waals surface area contributed by atoms with Gasteiger partial charge in [-0.1, -0.05) is 16.8 Å². The van der Waals surface area contributed by atoms with E-state index in [2.05, 4.69) is 10.3 Å². The molecule has 0 atom stereocenters. The Morgan fingerprint density at radius 2 is 2.10 bits per heavy atom. The van der Waals surface area contributed by atoms with Crippen molar-refractivity contribution in [3.63, 3.8) is 0 Å². The van der Waals surface area contributed by atoms with Crippen molar-refractivity contribution in [2.24, 2.45) is 0 Å². The van der Waals surface area contributed by atoms with E-state index < -0.39 is 0 Å². The highest BCUT2D eigenvalue weighted by Crippen LogP contribution is 2.16. The molecule has 0 fully saturated rings. The lowest BCUT2D eigenvalue weighted by Gasteiger charge is -2.03. The fourth-order valence-electron chi connectivity index (χ4n) is 1.51. The molecule has 2 aromatic rings. The quantitative estimate of drug-likeness (QED) is 0.763. The van der Waals surface area contributed by atoms with Gasteiger partial charge in [-0.05, 0) is 31.2 Å². The van der Waals surface area contributed by atoms with Crippen molar-refractivity contribution in [3.8, 4) is 5.75 Å². The molecule has 0 amide bonds. The van der Waals surface area contributed by atoms with E-state index in [1.807, 2.05) is 0 Å². The molecule has 1 aromatic carbocycles. The predicted molar refractivity (Wildman–Crippen MR) is 72.4 cm³/mol. The number of hydrogen-bond acceptors (Lipinski definition) is 5. The second kappa shape index (κ2) is 6.91. The highest BCUT2D eigenvalue weighted by atomic mass is 35.5. The highest BCUT2D eigenvalue weighted by Gasteiger charge is 2.07. The van der Waals surface area contributed by atoms with Crippen LogP contribution in [0.3, 0.4) is 0 Å². The topological polar surface area (TPSA) is 66.2 Å². The molecule has 0 N–H and O–H groups in total. The Hall–Kier alpha value is -2.08. The zero-order valence-corrected chi connectivity index (χ0v) is 11.7. The Balaban J connectivity index is 1.86. The number of carbonyl (C=O) groups is 1. The summed E-state index contributed by atoms with van der Waals surface area (Å²) in [5, 5.41) is 8.40. The average molecular weight is 296 g/mol. The number of esters is 1. The van der Waals surface area contributed by atoms with E-state index in [-0.39, 0.29) is 19.1 Å². The molecular weight excluding hydrogens is 282 g/mol. The van der Waals surface area contributed by atoms with Crippen LogP contribution in [0.5, 0.6) is 5.75 Å². The molecule has 7 heteroatoms.